The molecule has 0 atom stereocenters. The summed E-state index contributed by atoms with van der Waals surface area (Å²) in [6.07, 6.45) is 2.69. The first-order valence-corrected chi connectivity index (χ1v) is 4.13. The zero-order chi connectivity index (χ0) is 5.70. The standard InChI is InChI=1S/C3H6NSi3/c5-1-4(2-6)3-7/h1-3H2. The van der Waals surface area contributed by atoms with Crippen molar-refractivity contribution in [3.63, 3.8) is 0 Å². The first kappa shape index (κ1) is 7.61. The van der Waals surface area contributed by atoms with E-state index >= 15 is 0 Å². The van der Waals surface area contributed by atoms with Gasteiger partial charge in [0.25, 0.3) is 0 Å². The van der Waals surface area contributed by atoms with Crippen molar-refractivity contribution in [2.75, 3.05) is 18.5 Å². The Hall–Kier alpha value is 0.611. The molecule has 4 heteroatoms. The highest BCUT2D eigenvalue weighted by Crippen LogP contribution is 1.74. The molecule has 0 rings (SSSR count). The number of rotatable bonds is 3. The zero-order valence-electron chi connectivity index (χ0n) is 4.07. The Labute approximate surface area is 54.7 Å². The SMILES string of the molecule is [Si]CN(C[Si])C[Si]. The molecule has 1 nitrogen and oxygen atoms in total. The van der Waals surface area contributed by atoms with Gasteiger partial charge in [-0.25, -0.2) is 0 Å². The highest BCUT2D eigenvalue weighted by Gasteiger charge is 1.89. The van der Waals surface area contributed by atoms with Crippen molar-refractivity contribution in [1.29, 1.82) is 0 Å². The molecule has 7 heavy (non-hydrogen) atoms. The fourth-order valence-corrected chi connectivity index (χ4v) is 1.51. The van der Waals surface area contributed by atoms with E-state index in [1.807, 2.05) is 0 Å². The molecular formula is C3H6NSi3. The van der Waals surface area contributed by atoms with E-state index in [1.165, 1.54) is 0 Å². The third kappa shape index (κ3) is 3.22. The van der Waals surface area contributed by atoms with Gasteiger partial charge in [-0.1, -0.05) is 0 Å². The third-order valence-corrected chi connectivity index (χ3v) is 2.01. The lowest BCUT2D eigenvalue weighted by molar-refractivity contribution is 0.433. The van der Waals surface area contributed by atoms with E-state index in [1.54, 1.807) is 0 Å². The normalized spacial score (nSPS) is 10.3. The second-order valence-corrected chi connectivity index (χ2v) is 2.09. The molecule has 0 fully saturated rings. The van der Waals surface area contributed by atoms with E-state index in [-0.39, 0.29) is 0 Å². The van der Waals surface area contributed by atoms with Crippen LogP contribution >= 0.6 is 0 Å². The lowest BCUT2D eigenvalue weighted by Gasteiger charge is -2.13. The minimum absolute atomic E-state index is 0.896. The van der Waals surface area contributed by atoms with Crippen LogP contribution in [0.4, 0.5) is 0 Å². The molecule has 0 saturated carbocycles. The van der Waals surface area contributed by atoms with Gasteiger partial charge in [0.15, 0.2) is 0 Å². The summed E-state index contributed by atoms with van der Waals surface area (Å²) in [7, 11) is 10.0. The van der Waals surface area contributed by atoms with Crippen molar-refractivity contribution in [3.05, 3.63) is 0 Å². The van der Waals surface area contributed by atoms with Crippen LogP contribution in [0.1, 0.15) is 0 Å². The highest BCUT2D eigenvalue weighted by molar-refractivity contribution is 6.13. The van der Waals surface area contributed by atoms with Gasteiger partial charge < -0.3 is 4.90 Å². The van der Waals surface area contributed by atoms with Crippen molar-refractivity contribution >= 4 is 30.7 Å². The molecule has 0 bridgehead atoms. The summed E-state index contributed by atoms with van der Waals surface area (Å²) in [5.74, 6) is 0. The fourth-order valence-electron chi connectivity index (χ4n) is 0.168. The van der Waals surface area contributed by atoms with E-state index in [4.69, 9.17) is 0 Å². The molecule has 0 N–H and O–H groups in total. The second kappa shape index (κ2) is 4.76. The van der Waals surface area contributed by atoms with Crippen molar-refractivity contribution in [3.8, 4) is 0 Å². The largest absolute Gasteiger partial charge is 0.314 e. The van der Waals surface area contributed by atoms with Crippen LogP contribution in [0.15, 0.2) is 0 Å². The Balaban J connectivity index is 2.99. The summed E-state index contributed by atoms with van der Waals surface area (Å²) >= 11 is 0. The van der Waals surface area contributed by atoms with E-state index < -0.39 is 0 Å². The van der Waals surface area contributed by atoms with Crippen LogP contribution < -0.4 is 0 Å². The Morgan fingerprint density at radius 2 is 1.14 bits per heavy atom. The van der Waals surface area contributed by atoms with Crippen molar-refractivity contribution in [1.82, 2.24) is 4.90 Å². The minimum Gasteiger partial charge on any atom is -0.314 e. The van der Waals surface area contributed by atoms with E-state index in [2.05, 4.69) is 35.6 Å². The lowest BCUT2D eigenvalue weighted by atomic mass is 11.0. The van der Waals surface area contributed by atoms with Crippen LogP contribution in [0.5, 0.6) is 0 Å². The second-order valence-electron chi connectivity index (χ2n) is 1.15. The Morgan fingerprint density at radius 3 is 1.14 bits per heavy atom. The van der Waals surface area contributed by atoms with Crippen LogP contribution in [-0.4, -0.2) is 54.1 Å². The maximum Gasteiger partial charge on any atom is 0.0432 e. The van der Waals surface area contributed by atoms with Crippen molar-refractivity contribution in [2.24, 2.45) is 0 Å². The molecular weight excluding hydrogens is 134 g/mol. The highest BCUT2D eigenvalue weighted by atomic mass is 28.2. The molecule has 0 amide bonds. The van der Waals surface area contributed by atoms with Crippen molar-refractivity contribution in [2.45, 2.75) is 0 Å². The molecule has 0 aliphatic carbocycles. The van der Waals surface area contributed by atoms with Gasteiger partial charge in [-0.2, -0.15) is 0 Å². The Kier molecular flexibility index (Phi) is 5.18. The fraction of sp³-hybridized carbons (Fsp3) is 1.00. The van der Waals surface area contributed by atoms with E-state index in [0.29, 0.717) is 0 Å². The van der Waals surface area contributed by atoms with Crippen LogP contribution in [-0.2, 0) is 0 Å². The van der Waals surface area contributed by atoms with Crippen LogP contribution in [0.3, 0.4) is 0 Å². The number of nitrogens with zero attached hydrogens (tertiary/aromatic N) is 1. The van der Waals surface area contributed by atoms with Gasteiger partial charge in [0, 0.05) is 30.7 Å². The summed E-state index contributed by atoms with van der Waals surface area (Å²) in [5.41, 5.74) is 0. The molecule has 0 aliphatic heterocycles. The molecule has 9 radical (unpaired) electrons. The summed E-state index contributed by atoms with van der Waals surface area (Å²) < 4.78 is 0. The quantitative estimate of drug-likeness (QED) is 0.439. The summed E-state index contributed by atoms with van der Waals surface area (Å²) in [4.78, 5) is 2.12. The lowest BCUT2D eigenvalue weighted by Crippen LogP contribution is -2.27. The van der Waals surface area contributed by atoms with Crippen molar-refractivity contribution < 1.29 is 0 Å². The molecule has 35 valence electrons. The molecule has 0 aromatic carbocycles. The summed E-state index contributed by atoms with van der Waals surface area (Å²) in [6.45, 7) is 0. The Bertz CT molecular complexity index is 31.7. The predicted octanol–water partition coefficient (Wildman–Crippen LogP) is -1.33. The first-order chi connectivity index (χ1) is 3.35. The monoisotopic (exact) mass is 140 g/mol. The Morgan fingerprint density at radius 1 is 0.857 bits per heavy atom. The number of hydrogen-bond acceptors (Lipinski definition) is 1. The average Bonchev–Trinajstić information content (AvgIpc) is 1.72. The molecule has 0 heterocycles. The summed E-state index contributed by atoms with van der Waals surface area (Å²) in [5, 5.41) is 0. The van der Waals surface area contributed by atoms with Crippen LogP contribution in [0.25, 0.3) is 0 Å². The maximum atomic E-state index is 3.34. The predicted molar refractivity (Wildman–Crippen MR) is 33.7 cm³/mol. The van der Waals surface area contributed by atoms with Gasteiger partial charge in [-0.15, -0.1) is 0 Å². The summed E-state index contributed by atoms with van der Waals surface area (Å²) in [6, 6.07) is 0. The van der Waals surface area contributed by atoms with Gasteiger partial charge in [0.2, 0.25) is 0 Å². The first-order valence-electron chi connectivity index (χ1n) is 2.01. The van der Waals surface area contributed by atoms with Gasteiger partial charge in [0.05, 0.1) is 0 Å². The zero-order valence-corrected chi connectivity index (χ0v) is 7.07. The van der Waals surface area contributed by atoms with Gasteiger partial charge in [-0.3, -0.25) is 0 Å². The minimum atomic E-state index is 0.896. The molecule has 0 saturated heterocycles. The van der Waals surface area contributed by atoms with E-state index in [0.717, 1.165) is 18.5 Å². The van der Waals surface area contributed by atoms with Gasteiger partial charge >= 0.3 is 0 Å². The smallest absolute Gasteiger partial charge is 0.0432 e. The van der Waals surface area contributed by atoms with Crippen LogP contribution in [0.2, 0.25) is 0 Å². The molecule has 0 aromatic heterocycles. The topological polar surface area (TPSA) is 3.24 Å². The average molecular weight is 140 g/mol. The molecule has 0 unspecified atom stereocenters. The molecule has 0 spiro atoms. The molecule has 0 aliphatic rings. The molecule has 0 aromatic rings. The maximum absolute atomic E-state index is 3.34. The number of hydrogen-bond donors (Lipinski definition) is 0. The van der Waals surface area contributed by atoms with E-state index in [9.17, 15) is 0 Å². The van der Waals surface area contributed by atoms with Gasteiger partial charge in [0.1, 0.15) is 0 Å². The third-order valence-electron chi connectivity index (χ3n) is 0.671. The van der Waals surface area contributed by atoms with Crippen LogP contribution in [0, 0.1) is 0 Å². The van der Waals surface area contributed by atoms with Gasteiger partial charge in [-0.05, 0) is 18.5 Å².